The first kappa shape index (κ1) is 15.5. The number of alkyl halides is 3. The zero-order chi connectivity index (χ0) is 16.0. The molecule has 2 rings (SSSR count). The zero-order valence-electron chi connectivity index (χ0n) is 11.6. The number of aryl methyl sites for hydroxylation is 1. The molecular weight excluding hydrogens is 289 g/mol. The van der Waals surface area contributed by atoms with Gasteiger partial charge in [-0.1, -0.05) is 0 Å². The Bertz CT molecular complexity index is 645. The summed E-state index contributed by atoms with van der Waals surface area (Å²) in [6, 6.07) is 0. The molecule has 0 aromatic carbocycles. The van der Waals surface area contributed by atoms with Crippen LogP contribution in [-0.2, 0) is 16.8 Å². The molecule has 1 fully saturated rings. The number of carboxylic acids is 1. The van der Waals surface area contributed by atoms with Gasteiger partial charge >= 0.3 is 17.8 Å². The van der Waals surface area contributed by atoms with Crippen molar-refractivity contribution in [1.29, 1.82) is 0 Å². The summed E-state index contributed by atoms with van der Waals surface area (Å²) in [6.07, 6.45) is -5.00. The predicted molar refractivity (Wildman–Crippen MR) is 67.2 cm³/mol. The minimum absolute atomic E-state index is 0.0498. The molecule has 0 atom stereocenters. The summed E-state index contributed by atoms with van der Waals surface area (Å²) < 4.78 is 40.3. The van der Waals surface area contributed by atoms with Gasteiger partial charge < -0.3 is 5.11 Å². The highest BCUT2D eigenvalue weighted by Gasteiger charge is 2.66. The number of aromatic nitrogens is 2. The predicted octanol–water partition coefficient (Wildman–Crippen LogP) is 1.93. The Morgan fingerprint density at radius 2 is 1.95 bits per heavy atom. The van der Waals surface area contributed by atoms with Crippen LogP contribution in [0, 0.1) is 13.8 Å². The highest BCUT2D eigenvalue weighted by molar-refractivity contribution is 5.67. The molecule has 1 N–H and O–H groups in total. The average molecular weight is 304 g/mol. The van der Waals surface area contributed by atoms with Gasteiger partial charge in [0.25, 0.3) is 0 Å². The molecule has 1 aliphatic rings. The fourth-order valence-electron chi connectivity index (χ4n) is 2.65. The fourth-order valence-corrected chi connectivity index (χ4v) is 2.65. The van der Waals surface area contributed by atoms with Crippen molar-refractivity contribution in [3.05, 3.63) is 27.4 Å². The summed E-state index contributed by atoms with van der Waals surface area (Å²) in [7, 11) is 0. The Morgan fingerprint density at radius 1 is 1.38 bits per heavy atom. The molecule has 0 radical (unpaired) electrons. The van der Waals surface area contributed by atoms with E-state index < -0.39 is 23.4 Å². The summed E-state index contributed by atoms with van der Waals surface area (Å²) in [5.41, 5.74) is -2.27. The quantitative estimate of drug-likeness (QED) is 0.922. The highest BCUT2D eigenvalue weighted by atomic mass is 19.4. The molecule has 1 aliphatic carbocycles. The third kappa shape index (κ3) is 2.54. The molecule has 1 aromatic rings. The molecule has 5 nitrogen and oxygen atoms in total. The third-order valence-electron chi connectivity index (χ3n) is 3.93. The van der Waals surface area contributed by atoms with Crippen LogP contribution in [0.4, 0.5) is 13.2 Å². The summed E-state index contributed by atoms with van der Waals surface area (Å²) in [5.74, 6) is -1.05. The molecule has 0 unspecified atom stereocenters. The van der Waals surface area contributed by atoms with E-state index in [1.54, 1.807) is 0 Å². The molecule has 0 saturated heterocycles. The lowest BCUT2D eigenvalue weighted by Crippen LogP contribution is -2.44. The standard InChI is InChI=1S/C13H15F3N2O3/c1-7-9(3-4-10(19)20)8(2)18(11(21)17-7)12(5-6-12)13(14,15)16/h3-6H2,1-2H3,(H,19,20). The number of rotatable bonds is 4. The Balaban J connectivity index is 2.56. The van der Waals surface area contributed by atoms with Crippen LogP contribution >= 0.6 is 0 Å². The van der Waals surface area contributed by atoms with E-state index in [4.69, 9.17) is 5.11 Å². The molecule has 0 amide bonds. The smallest absolute Gasteiger partial charge is 0.412 e. The van der Waals surface area contributed by atoms with Crippen molar-refractivity contribution in [3.63, 3.8) is 0 Å². The molecular formula is C13H15F3N2O3. The Morgan fingerprint density at radius 3 is 2.38 bits per heavy atom. The molecule has 0 bridgehead atoms. The lowest BCUT2D eigenvalue weighted by atomic mass is 10.1. The van der Waals surface area contributed by atoms with E-state index in [-0.39, 0.29) is 37.1 Å². The van der Waals surface area contributed by atoms with Gasteiger partial charge in [-0.25, -0.2) is 4.79 Å². The second kappa shape index (κ2) is 4.85. The van der Waals surface area contributed by atoms with Gasteiger partial charge in [-0.2, -0.15) is 18.2 Å². The number of carboxylic acid groups (broad SMARTS) is 1. The van der Waals surface area contributed by atoms with Crippen LogP contribution in [0.2, 0.25) is 0 Å². The van der Waals surface area contributed by atoms with E-state index in [2.05, 4.69) is 4.98 Å². The second-order valence-electron chi connectivity index (χ2n) is 5.30. The number of nitrogens with zero attached hydrogens (tertiary/aromatic N) is 2. The van der Waals surface area contributed by atoms with Crippen LogP contribution in [0.15, 0.2) is 4.79 Å². The van der Waals surface area contributed by atoms with Crippen molar-refractivity contribution < 1.29 is 23.1 Å². The third-order valence-corrected chi connectivity index (χ3v) is 3.93. The monoisotopic (exact) mass is 304 g/mol. The molecule has 8 heteroatoms. The summed E-state index contributed by atoms with van der Waals surface area (Å²) in [6.45, 7) is 2.92. The number of aliphatic carboxylic acids is 1. The molecule has 0 spiro atoms. The summed E-state index contributed by atoms with van der Waals surface area (Å²) in [5, 5.41) is 8.71. The topological polar surface area (TPSA) is 72.2 Å². The lowest BCUT2D eigenvalue weighted by molar-refractivity contribution is -0.181. The maximum absolute atomic E-state index is 13.2. The van der Waals surface area contributed by atoms with Gasteiger partial charge in [-0.15, -0.1) is 0 Å². The summed E-state index contributed by atoms with van der Waals surface area (Å²) in [4.78, 5) is 26.2. The molecule has 1 saturated carbocycles. The number of hydrogen-bond acceptors (Lipinski definition) is 3. The normalized spacial score (nSPS) is 16.8. The van der Waals surface area contributed by atoms with Crippen LogP contribution in [-0.4, -0.2) is 26.8 Å². The minimum atomic E-state index is -4.53. The van der Waals surface area contributed by atoms with Gasteiger partial charge in [0.15, 0.2) is 0 Å². The van der Waals surface area contributed by atoms with Crippen LogP contribution in [0.1, 0.15) is 36.2 Å². The number of halogens is 3. The lowest BCUT2D eigenvalue weighted by Gasteiger charge is -2.25. The maximum atomic E-state index is 13.2. The van der Waals surface area contributed by atoms with Crippen molar-refractivity contribution >= 4 is 5.97 Å². The van der Waals surface area contributed by atoms with E-state index in [9.17, 15) is 22.8 Å². The number of hydrogen-bond donors (Lipinski definition) is 1. The van der Waals surface area contributed by atoms with Gasteiger partial charge in [0.2, 0.25) is 0 Å². The Labute approximate surface area is 118 Å². The van der Waals surface area contributed by atoms with Gasteiger partial charge in [0.1, 0.15) is 5.54 Å². The Kier molecular flexibility index (Phi) is 3.59. The Hall–Kier alpha value is -1.86. The van der Waals surface area contributed by atoms with E-state index in [1.807, 2.05) is 0 Å². The largest absolute Gasteiger partial charge is 0.481 e. The molecule has 0 aliphatic heterocycles. The van der Waals surface area contributed by atoms with Gasteiger partial charge in [0.05, 0.1) is 0 Å². The van der Waals surface area contributed by atoms with Crippen molar-refractivity contribution in [1.82, 2.24) is 9.55 Å². The summed E-state index contributed by atoms with van der Waals surface area (Å²) >= 11 is 0. The van der Waals surface area contributed by atoms with E-state index in [0.29, 0.717) is 10.1 Å². The van der Waals surface area contributed by atoms with E-state index >= 15 is 0 Å². The SMILES string of the molecule is Cc1nc(=O)n(C2(C(F)(F)F)CC2)c(C)c1CCC(=O)O. The molecule has 1 heterocycles. The van der Waals surface area contributed by atoms with E-state index in [1.165, 1.54) is 13.8 Å². The van der Waals surface area contributed by atoms with Gasteiger partial charge in [-0.05, 0) is 38.7 Å². The van der Waals surface area contributed by atoms with E-state index in [0.717, 1.165) is 0 Å². The fraction of sp³-hybridized carbons (Fsp3) is 0.615. The molecule has 1 aromatic heterocycles. The highest BCUT2D eigenvalue weighted by Crippen LogP contribution is 2.55. The number of carbonyl (C=O) groups is 1. The zero-order valence-corrected chi connectivity index (χ0v) is 11.6. The minimum Gasteiger partial charge on any atom is -0.481 e. The average Bonchev–Trinajstić information content (AvgIpc) is 3.08. The van der Waals surface area contributed by atoms with Crippen molar-refractivity contribution in [2.75, 3.05) is 0 Å². The maximum Gasteiger partial charge on any atom is 0.412 e. The van der Waals surface area contributed by atoms with Crippen LogP contribution in [0.25, 0.3) is 0 Å². The first-order valence-electron chi connectivity index (χ1n) is 6.48. The van der Waals surface area contributed by atoms with Crippen molar-refractivity contribution in [2.24, 2.45) is 0 Å². The van der Waals surface area contributed by atoms with Gasteiger partial charge in [-0.3, -0.25) is 9.36 Å². The van der Waals surface area contributed by atoms with Crippen LogP contribution < -0.4 is 5.69 Å². The van der Waals surface area contributed by atoms with Crippen molar-refractivity contribution in [2.45, 2.75) is 51.2 Å². The van der Waals surface area contributed by atoms with Crippen LogP contribution in [0.5, 0.6) is 0 Å². The second-order valence-corrected chi connectivity index (χ2v) is 5.30. The van der Waals surface area contributed by atoms with Gasteiger partial charge in [0, 0.05) is 17.8 Å². The first-order chi connectivity index (χ1) is 9.60. The molecule has 21 heavy (non-hydrogen) atoms. The van der Waals surface area contributed by atoms with Crippen LogP contribution in [0.3, 0.4) is 0 Å². The van der Waals surface area contributed by atoms with Crippen molar-refractivity contribution in [3.8, 4) is 0 Å². The molecule has 116 valence electrons. The first-order valence-corrected chi connectivity index (χ1v) is 6.48.